The molecule has 0 heterocycles. The van der Waals surface area contributed by atoms with Crippen LogP contribution in [0.4, 0.5) is 39.8 Å². The smallest absolute Gasteiger partial charge is 0.296 e. The molecular formula is C43H30N8O14S4. The van der Waals surface area contributed by atoms with Crippen LogP contribution in [0.15, 0.2) is 173 Å². The topological polar surface area (TPSA) is 363 Å². The Kier molecular flexibility index (Phi) is 12.4. The molecule has 0 unspecified atom stereocenters. The van der Waals surface area contributed by atoms with E-state index in [0.29, 0.717) is 5.56 Å². The third-order valence-corrected chi connectivity index (χ3v) is 13.7. The highest BCUT2D eigenvalue weighted by Crippen LogP contribution is 2.40. The Bertz CT molecular complexity index is 3960. The van der Waals surface area contributed by atoms with Crippen molar-refractivity contribution in [2.75, 3.05) is 16.5 Å². The summed E-state index contributed by atoms with van der Waals surface area (Å²) in [7, 11) is -19.4. The Morgan fingerprint density at radius 3 is 1.74 bits per heavy atom. The number of nitrogens with two attached hydrogens (primary N) is 1. The first-order valence-electron chi connectivity index (χ1n) is 19.3. The fraction of sp³-hybridized carbons (Fsp3) is 0. The minimum absolute atomic E-state index is 0.00571. The van der Waals surface area contributed by atoms with Gasteiger partial charge in [0.2, 0.25) is 5.78 Å². The van der Waals surface area contributed by atoms with E-state index in [4.69, 9.17) is 5.73 Å². The second-order valence-corrected chi connectivity index (χ2v) is 20.3. The zero-order chi connectivity index (χ0) is 49.6. The van der Waals surface area contributed by atoms with Gasteiger partial charge < -0.3 is 11.1 Å². The lowest BCUT2D eigenvalue weighted by Crippen LogP contribution is -2.27. The van der Waals surface area contributed by atoms with Gasteiger partial charge in [-0.25, -0.2) is 0 Å². The number of azo groups is 2. The number of rotatable bonds is 12. The Morgan fingerprint density at radius 2 is 1.13 bits per heavy atom. The predicted octanol–water partition coefficient (Wildman–Crippen LogP) is 8.29. The zero-order valence-corrected chi connectivity index (χ0v) is 37.8. The first-order chi connectivity index (χ1) is 32.5. The Morgan fingerprint density at radius 1 is 0.551 bits per heavy atom. The minimum Gasteiger partial charge on any atom is -0.398 e. The molecule has 0 saturated heterocycles. The van der Waals surface area contributed by atoms with Gasteiger partial charge in [0.1, 0.15) is 9.80 Å². The number of hydrogen-bond acceptors (Lipinski definition) is 17. The van der Waals surface area contributed by atoms with Gasteiger partial charge in [0.25, 0.3) is 46.4 Å². The molecule has 26 heteroatoms. The number of allylic oxidation sites excluding steroid dienone is 1. The molecule has 1 aliphatic carbocycles. The minimum atomic E-state index is -5.12. The van der Waals surface area contributed by atoms with E-state index in [2.05, 4.69) is 36.3 Å². The van der Waals surface area contributed by atoms with Crippen LogP contribution in [0.1, 0.15) is 26.3 Å². The summed E-state index contributed by atoms with van der Waals surface area (Å²) in [6, 6.07) is 27.8. The highest BCUT2D eigenvalue weighted by Gasteiger charge is 2.33. The number of hydrogen-bond donors (Lipinski definition) is 7. The van der Waals surface area contributed by atoms with Crippen molar-refractivity contribution in [2.24, 2.45) is 25.6 Å². The fourth-order valence-corrected chi connectivity index (χ4v) is 9.25. The molecule has 8 rings (SSSR count). The number of ketones is 1. The van der Waals surface area contributed by atoms with Crippen molar-refractivity contribution < 1.29 is 61.5 Å². The van der Waals surface area contributed by atoms with E-state index in [0.717, 1.165) is 42.5 Å². The van der Waals surface area contributed by atoms with Gasteiger partial charge in [-0.2, -0.15) is 43.9 Å². The van der Waals surface area contributed by atoms with Crippen molar-refractivity contribution in [3.05, 3.63) is 149 Å². The third-order valence-electron chi connectivity index (χ3n) is 10.2. The van der Waals surface area contributed by atoms with Crippen LogP contribution in [-0.2, 0) is 40.5 Å². The van der Waals surface area contributed by atoms with Crippen molar-refractivity contribution in [1.29, 1.82) is 0 Å². The molecule has 0 bridgehead atoms. The van der Waals surface area contributed by atoms with E-state index >= 15 is 0 Å². The van der Waals surface area contributed by atoms with Crippen molar-refractivity contribution in [1.82, 2.24) is 0 Å². The third kappa shape index (κ3) is 10.2. The van der Waals surface area contributed by atoms with Crippen molar-refractivity contribution >= 4 is 125 Å². The molecule has 0 atom stereocenters. The number of anilines is 3. The van der Waals surface area contributed by atoms with Gasteiger partial charge in [0.05, 0.1) is 43.9 Å². The number of nitrogens with zero attached hydrogens (tertiary/aromatic N) is 5. The highest BCUT2D eigenvalue weighted by molar-refractivity contribution is 7.91. The standard InChI is InChI=1S/C43H30N8O14S4/c44-34-13-7-26(20-39(34)68(60,61)62)46-47-37-16-14-35(30-11-8-27(21-32(30)37)66(54,55)56)48-49-38-17-15-36(31-12-9-28(22-33(31)38)67(57,58)59)50-51-41-40(69(63,64)65)19-24-18-25(6-10-29(24)42(41)52)45-43(53)23-4-2-1-3-5-23/h1-22,50H,44H2,(H,45,53)(H,54,55,56)(H,57,58,59)(H,60,61,62)(H,63,64,65)/b47-46?,49-48?,51-41+. The quantitative estimate of drug-likeness (QED) is 0.0262. The van der Waals surface area contributed by atoms with E-state index < -0.39 is 77.5 Å². The van der Waals surface area contributed by atoms with Gasteiger partial charge in [-0.05, 0) is 109 Å². The summed E-state index contributed by atoms with van der Waals surface area (Å²) < 4.78 is 137. The number of benzene rings is 7. The van der Waals surface area contributed by atoms with Crippen molar-refractivity contribution in [3.63, 3.8) is 0 Å². The number of carbonyl (C=O) groups is 2. The summed E-state index contributed by atoms with van der Waals surface area (Å²) in [5.74, 6) is -1.41. The number of nitrogens with one attached hydrogen (secondary N) is 2. The van der Waals surface area contributed by atoms with Crippen molar-refractivity contribution in [3.8, 4) is 0 Å². The Balaban J connectivity index is 1.16. The van der Waals surface area contributed by atoms with E-state index in [1.165, 1.54) is 60.7 Å². The molecule has 0 fully saturated rings. The number of hydrazone groups is 1. The van der Waals surface area contributed by atoms with Gasteiger partial charge in [0, 0.05) is 38.4 Å². The number of fused-ring (bicyclic) bond motifs is 3. The van der Waals surface area contributed by atoms with Crippen LogP contribution in [0.3, 0.4) is 0 Å². The van der Waals surface area contributed by atoms with Gasteiger partial charge in [-0.3, -0.25) is 33.2 Å². The van der Waals surface area contributed by atoms with E-state index in [9.17, 15) is 61.5 Å². The summed E-state index contributed by atoms with van der Waals surface area (Å²) in [6.45, 7) is 0. The molecule has 0 aliphatic heterocycles. The van der Waals surface area contributed by atoms with Crippen LogP contribution in [0.25, 0.3) is 27.6 Å². The van der Waals surface area contributed by atoms with Crippen LogP contribution in [0.2, 0.25) is 0 Å². The molecule has 1 amide bonds. The fourth-order valence-electron chi connectivity index (χ4n) is 6.94. The molecular weight excluding hydrogens is 981 g/mol. The molecule has 8 N–H and O–H groups in total. The van der Waals surface area contributed by atoms with Gasteiger partial charge in [0.15, 0.2) is 5.71 Å². The molecule has 1 aliphatic rings. The summed E-state index contributed by atoms with van der Waals surface area (Å²) in [5, 5.41) is 23.8. The molecule has 69 heavy (non-hydrogen) atoms. The molecule has 0 aromatic heterocycles. The molecule has 7 aromatic rings. The summed E-state index contributed by atoms with van der Waals surface area (Å²) in [4.78, 5) is 23.9. The Hall–Kier alpha value is -7.95. The first kappa shape index (κ1) is 47.5. The first-order valence-corrected chi connectivity index (χ1v) is 25.1. The maximum atomic E-state index is 13.8. The van der Waals surface area contributed by atoms with Gasteiger partial charge in [-0.1, -0.05) is 30.3 Å². The van der Waals surface area contributed by atoms with Crippen LogP contribution in [0.5, 0.6) is 0 Å². The molecule has 350 valence electrons. The number of nitrogen functional groups attached to an aromatic ring is 1. The van der Waals surface area contributed by atoms with E-state index in [1.54, 1.807) is 30.3 Å². The molecule has 7 aromatic carbocycles. The summed E-state index contributed by atoms with van der Waals surface area (Å²) in [5.41, 5.74) is 7.77. The van der Waals surface area contributed by atoms with E-state index in [-0.39, 0.29) is 72.5 Å². The number of Topliss-reactive ketones (excluding diaryl/α,β-unsaturated/α-hetero) is 1. The molecule has 0 saturated carbocycles. The number of carbonyl (C=O) groups excluding carboxylic acids is 2. The van der Waals surface area contributed by atoms with Crippen LogP contribution in [-0.4, -0.2) is 69.3 Å². The highest BCUT2D eigenvalue weighted by atomic mass is 32.2. The number of amides is 1. The summed E-state index contributed by atoms with van der Waals surface area (Å²) >= 11 is 0. The molecule has 22 nitrogen and oxygen atoms in total. The molecule has 0 spiro atoms. The van der Waals surface area contributed by atoms with Gasteiger partial charge in [-0.15, -0.1) is 15.3 Å². The maximum Gasteiger partial charge on any atom is 0.296 e. The second kappa shape index (κ2) is 17.9. The van der Waals surface area contributed by atoms with Crippen LogP contribution >= 0.6 is 0 Å². The lowest BCUT2D eigenvalue weighted by molar-refractivity contribution is 0.102. The lowest BCUT2D eigenvalue weighted by Gasteiger charge is -2.18. The largest absolute Gasteiger partial charge is 0.398 e. The zero-order valence-electron chi connectivity index (χ0n) is 34.5. The molecule has 0 radical (unpaired) electrons. The SMILES string of the molecule is Nc1ccc(N=Nc2ccc(N=Nc3ccc(N/N=C4/C(=O)c5ccc(NC(=O)c6ccccc6)cc5C=C4S(=O)(=O)O)c4ccc(S(=O)(=O)O)cc34)c3ccc(S(=O)(=O)O)cc23)cc1S(=O)(=O)O. The summed E-state index contributed by atoms with van der Waals surface area (Å²) in [6.07, 6.45) is 0.995. The van der Waals surface area contributed by atoms with Crippen LogP contribution < -0.4 is 16.5 Å². The van der Waals surface area contributed by atoms with E-state index in [1.807, 2.05) is 0 Å². The van der Waals surface area contributed by atoms with Gasteiger partial charge >= 0.3 is 0 Å². The van der Waals surface area contributed by atoms with Crippen LogP contribution in [0, 0.1) is 0 Å². The predicted molar refractivity (Wildman–Crippen MR) is 252 cm³/mol. The maximum absolute atomic E-state index is 13.8. The normalized spacial score (nSPS) is 14.1. The average molecular weight is 1010 g/mol. The van der Waals surface area contributed by atoms with Crippen molar-refractivity contribution in [2.45, 2.75) is 14.7 Å². The monoisotopic (exact) mass is 1010 g/mol. The lowest BCUT2D eigenvalue weighted by atomic mass is 9.94. The Labute approximate surface area is 390 Å². The second-order valence-electron chi connectivity index (χ2n) is 14.7. The average Bonchev–Trinajstić information content (AvgIpc) is 3.29.